The van der Waals surface area contributed by atoms with E-state index >= 15 is 0 Å². The van der Waals surface area contributed by atoms with Gasteiger partial charge in [0.25, 0.3) is 0 Å². The monoisotopic (exact) mass is 350 g/mol. The molecule has 1 N–H and O–H groups in total. The number of pyridine rings is 1. The first kappa shape index (κ1) is 17.3. The molecule has 0 saturated carbocycles. The summed E-state index contributed by atoms with van der Waals surface area (Å²) in [5.74, 6) is 0.0651. The molecule has 0 fully saturated rings. The molecular formula is C19H18N4O3. The maximum Gasteiger partial charge on any atom is 0.358 e. The third-order valence-corrected chi connectivity index (χ3v) is 3.63. The molecule has 0 unspecified atom stereocenters. The predicted octanol–water partition coefficient (Wildman–Crippen LogP) is 3.09. The molecular weight excluding hydrogens is 332 g/mol. The minimum absolute atomic E-state index is 0.111. The lowest BCUT2D eigenvalue weighted by Crippen LogP contribution is -2.19. The van der Waals surface area contributed by atoms with Crippen molar-refractivity contribution in [1.29, 1.82) is 0 Å². The second kappa shape index (κ2) is 8.06. The second-order valence-electron chi connectivity index (χ2n) is 5.39. The van der Waals surface area contributed by atoms with Crippen molar-refractivity contribution in [2.75, 3.05) is 11.5 Å². The lowest BCUT2D eigenvalue weighted by molar-refractivity contribution is 0.0518. The van der Waals surface area contributed by atoms with E-state index in [-0.39, 0.29) is 18.1 Å². The summed E-state index contributed by atoms with van der Waals surface area (Å²) in [5.41, 5.74) is 1.49. The topological polar surface area (TPSA) is 88.4 Å². The van der Waals surface area contributed by atoms with Gasteiger partial charge in [0.05, 0.1) is 24.5 Å². The first-order valence-corrected chi connectivity index (χ1v) is 8.15. The Labute approximate surface area is 150 Å². The third-order valence-electron chi connectivity index (χ3n) is 3.63. The number of anilines is 2. The number of para-hydroxylation sites is 2. The molecule has 26 heavy (non-hydrogen) atoms. The summed E-state index contributed by atoms with van der Waals surface area (Å²) in [5, 5.41) is 18.3. The van der Waals surface area contributed by atoms with E-state index in [9.17, 15) is 9.90 Å². The molecule has 0 bridgehead atoms. The maximum absolute atomic E-state index is 11.8. The normalized spacial score (nSPS) is 10.3. The van der Waals surface area contributed by atoms with Crippen molar-refractivity contribution in [3.63, 3.8) is 0 Å². The molecule has 2 heterocycles. The highest BCUT2D eigenvalue weighted by Gasteiger charge is 2.17. The summed E-state index contributed by atoms with van der Waals surface area (Å²) >= 11 is 0. The zero-order valence-corrected chi connectivity index (χ0v) is 14.2. The summed E-state index contributed by atoms with van der Waals surface area (Å²) in [6.07, 6.45) is 1.70. The molecule has 0 aliphatic heterocycles. The van der Waals surface area contributed by atoms with Crippen LogP contribution in [0.15, 0.2) is 60.8 Å². The average molecular weight is 350 g/mol. The zero-order chi connectivity index (χ0) is 18.4. The number of phenolic OH excluding ortho intramolecular Hbond substituents is 1. The standard InChI is InChI=1S/C19H18N4O3/c1-2-26-19(25)15-10-11-18(22-21-15)23(13-14-7-5-6-12-20-14)16-8-3-4-9-17(16)24/h3-12,24H,2,13H2,1H3. The van der Waals surface area contributed by atoms with Gasteiger partial charge in [-0.25, -0.2) is 4.79 Å². The molecule has 1 aromatic carbocycles. The van der Waals surface area contributed by atoms with Crippen LogP contribution in [0.1, 0.15) is 23.1 Å². The average Bonchev–Trinajstić information content (AvgIpc) is 2.68. The van der Waals surface area contributed by atoms with Crippen molar-refractivity contribution in [2.45, 2.75) is 13.5 Å². The van der Waals surface area contributed by atoms with Crippen LogP contribution in [0, 0.1) is 0 Å². The molecule has 0 saturated heterocycles. The molecule has 0 aliphatic rings. The van der Waals surface area contributed by atoms with Crippen LogP contribution in [0.5, 0.6) is 5.75 Å². The second-order valence-corrected chi connectivity index (χ2v) is 5.39. The van der Waals surface area contributed by atoms with Crippen LogP contribution in [0.25, 0.3) is 0 Å². The summed E-state index contributed by atoms with van der Waals surface area (Å²) in [4.78, 5) is 17.9. The van der Waals surface area contributed by atoms with Gasteiger partial charge in [-0.3, -0.25) is 4.98 Å². The minimum Gasteiger partial charge on any atom is -0.506 e. The molecule has 0 atom stereocenters. The smallest absolute Gasteiger partial charge is 0.358 e. The van der Waals surface area contributed by atoms with Gasteiger partial charge in [-0.2, -0.15) is 0 Å². The molecule has 2 aromatic heterocycles. The van der Waals surface area contributed by atoms with Crippen molar-refractivity contribution < 1.29 is 14.6 Å². The number of hydrogen-bond acceptors (Lipinski definition) is 7. The van der Waals surface area contributed by atoms with Gasteiger partial charge in [0.1, 0.15) is 5.75 Å². The summed E-state index contributed by atoms with van der Waals surface area (Å²) in [6, 6.07) is 15.8. The van der Waals surface area contributed by atoms with Crippen LogP contribution in [0.3, 0.4) is 0 Å². The summed E-state index contributed by atoms with van der Waals surface area (Å²) in [6.45, 7) is 2.38. The van der Waals surface area contributed by atoms with Gasteiger partial charge >= 0.3 is 5.97 Å². The molecule has 7 heteroatoms. The largest absolute Gasteiger partial charge is 0.506 e. The van der Waals surface area contributed by atoms with E-state index in [1.807, 2.05) is 24.3 Å². The number of nitrogens with zero attached hydrogens (tertiary/aromatic N) is 4. The van der Waals surface area contributed by atoms with E-state index in [4.69, 9.17) is 4.74 Å². The molecule has 132 valence electrons. The quantitative estimate of drug-likeness (QED) is 0.683. The van der Waals surface area contributed by atoms with Gasteiger partial charge in [-0.1, -0.05) is 18.2 Å². The fourth-order valence-corrected chi connectivity index (χ4v) is 2.42. The number of aromatic hydroxyl groups is 1. The van der Waals surface area contributed by atoms with Crippen LogP contribution >= 0.6 is 0 Å². The Morgan fingerprint density at radius 2 is 1.88 bits per heavy atom. The van der Waals surface area contributed by atoms with Crippen molar-refractivity contribution in [3.05, 3.63) is 72.2 Å². The molecule has 3 rings (SSSR count). The lowest BCUT2D eigenvalue weighted by atomic mass is 10.2. The van der Waals surface area contributed by atoms with Gasteiger partial charge in [0.15, 0.2) is 11.5 Å². The van der Waals surface area contributed by atoms with Gasteiger partial charge < -0.3 is 14.7 Å². The predicted molar refractivity (Wildman–Crippen MR) is 96.2 cm³/mol. The van der Waals surface area contributed by atoms with Gasteiger partial charge in [-0.15, -0.1) is 10.2 Å². The number of esters is 1. The minimum atomic E-state index is -0.523. The summed E-state index contributed by atoms with van der Waals surface area (Å²) in [7, 11) is 0. The van der Waals surface area contributed by atoms with E-state index < -0.39 is 5.97 Å². The van der Waals surface area contributed by atoms with Crippen LogP contribution in [0.2, 0.25) is 0 Å². The lowest BCUT2D eigenvalue weighted by Gasteiger charge is -2.23. The fraction of sp³-hybridized carbons (Fsp3) is 0.158. The van der Waals surface area contributed by atoms with Gasteiger partial charge in [0, 0.05) is 6.20 Å². The highest BCUT2D eigenvalue weighted by atomic mass is 16.5. The number of aromatic nitrogens is 3. The van der Waals surface area contributed by atoms with Crippen molar-refractivity contribution in [3.8, 4) is 5.75 Å². The molecule has 7 nitrogen and oxygen atoms in total. The van der Waals surface area contributed by atoms with Crippen molar-refractivity contribution >= 4 is 17.5 Å². The van der Waals surface area contributed by atoms with E-state index in [1.54, 1.807) is 48.4 Å². The third kappa shape index (κ3) is 3.94. The fourth-order valence-electron chi connectivity index (χ4n) is 2.42. The summed E-state index contributed by atoms with van der Waals surface area (Å²) < 4.78 is 4.92. The van der Waals surface area contributed by atoms with Gasteiger partial charge in [0.2, 0.25) is 0 Å². The molecule has 0 amide bonds. The highest BCUT2D eigenvalue weighted by Crippen LogP contribution is 2.32. The molecule has 0 spiro atoms. The van der Waals surface area contributed by atoms with Crippen LogP contribution in [0.4, 0.5) is 11.5 Å². The number of carbonyl (C=O) groups is 1. The van der Waals surface area contributed by atoms with E-state index in [1.165, 1.54) is 0 Å². The highest BCUT2D eigenvalue weighted by molar-refractivity contribution is 5.87. The molecule has 3 aromatic rings. The Balaban J connectivity index is 1.95. The number of phenols is 1. The van der Waals surface area contributed by atoms with E-state index in [0.29, 0.717) is 18.1 Å². The Hall–Kier alpha value is -3.48. The first-order chi connectivity index (χ1) is 12.7. The number of benzene rings is 1. The van der Waals surface area contributed by atoms with Gasteiger partial charge in [-0.05, 0) is 43.3 Å². The van der Waals surface area contributed by atoms with Crippen molar-refractivity contribution in [2.24, 2.45) is 0 Å². The Bertz CT molecular complexity index is 869. The Morgan fingerprint density at radius 1 is 1.08 bits per heavy atom. The van der Waals surface area contributed by atoms with E-state index in [0.717, 1.165) is 5.69 Å². The van der Waals surface area contributed by atoms with Crippen molar-refractivity contribution in [1.82, 2.24) is 15.2 Å². The SMILES string of the molecule is CCOC(=O)c1ccc(N(Cc2ccccn2)c2ccccc2O)nn1. The number of hydrogen-bond donors (Lipinski definition) is 1. The first-order valence-electron chi connectivity index (χ1n) is 8.15. The number of ether oxygens (including phenoxy) is 1. The molecule has 0 aliphatic carbocycles. The Kier molecular flexibility index (Phi) is 5.38. The van der Waals surface area contributed by atoms with Crippen LogP contribution < -0.4 is 4.90 Å². The van der Waals surface area contributed by atoms with E-state index in [2.05, 4.69) is 15.2 Å². The van der Waals surface area contributed by atoms with Crippen LogP contribution in [-0.4, -0.2) is 32.9 Å². The molecule has 0 radical (unpaired) electrons. The maximum atomic E-state index is 11.8. The van der Waals surface area contributed by atoms with Crippen LogP contribution in [-0.2, 0) is 11.3 Å². The number of rotatable bonds is 6. The number of carbonyl (C=O) groups excluding carboxylic acids is 1. The zero-order valence-electron chi connectivity index (χ0n) is 14.2. The Morgan fingerprint density at radius 3 is 2.54 bits per heavy atom.